The summed E-state index contributed by atoms with van der Waals surface area (Å²) in [5.74, 6) is -0.417. The Bertz CT molecular complexity index is 370. The Morgan fingerprint density at radius 3 is 2.87 bits per heavy atom. The molecule has 1 rings (SSSR count). The molecular weight excluding hydrogens is 279 g/mol. The zero-order valence-electron chi connectivity index (χ0n) is 8.26. The van der Waals surface area contributed by atoms with Crippen molar-refractivity contribution in [3.05, 3.63) is 33.3 Å². The lowest BCUT2D eigenvalue weighted by Gasteiger charge is -2.16. The summed E-state index contributed by atoms with van der Waals surface area (Å²) in [5.41, 5.74) is 6.07. The van der Waals surface area contributed by atoms with E-state index in [9.17, 15) is 4.79 Å². The van der Waals surface area contributed by atoms with Crippen LogP contribution in [0.5, 0.6) is 0 Å². The zero-order chi connectivity index (χ0) is 11.4. The standard InChI is InChI=1S/C10H12BrClN2O/c1-2-14-9(10(13)15)7-5-6(12)3-4-8(7)11/h3-5,9,14H,2H2,1H3,(H2,13,15). The average molecular weight is 292 g/mol. The molecular formula is C10H12BrClN2O. The van der Waals surface area contributed by atoms with Gasteiger partial charge >= 0.3 is 0 Å². The number of nitrogens with two attached hydrogens (primary N) is 1. The molecule has 0 radical (unpaired) electrons. The van der Waals surface area contributed by atoms with Gasteiger partial charge < -0.3 is 11.1 Å². The number of rotatable bonds is 4. The van der Waals surface area contributed by atoms with Crippen molar-refractivity contribution in [1.29, 1.82) is 0 Å². The highest BCUT2D eigenvalue weighted by Crippen LogP contribution is 2.26. The summed E-state index contributed by atoms with van der Waals surface area (Å²) in [6, 6.07) is 4.76. The maximum atomic E-state index is 11.2. The van der Waals surface area contributed by atoms with Gasteiger partial charge in [0.2, 0.25) is 5.91 Å². The molecule has 5 heteroatoms. The first-order valence-electron chi connectivity index (χ1n) is 4.54. The summed E-state index contributed by atoms with van der Waals surface area (Å²) in [7, 11) is 0. The molecule has 0 aromatic heterocycles. The lowest BCUT2D eigenvalue weighted by atomic mass is 10.1. The van der Waals surface area contributed by atoms with Crippen molar-refractivity contribution in [3.63, 3.8) is 0 Å². The number of halogens is 2. The van der Waals surface area contributed by atoms with Crippen LogP contribution in [0.3, 0.4) is 0 Å². The molecule has 0 aliphatic rings. The van der Waals surface area contributed by atoms with Crippen molar-refractivity contribution in [1.82, 2.24) is 5.32 Å². The predicted molar refractivity (Wildman–Crippen MR) is 64.8 cm³/mol. The minimum Gasteiger partial charge on any atom is -0.368 e. The van der Waals surface area contributed by atoms with Crippen LogP contribution in [0.15, 0.2) is 22.7 Å². The topological polar surface area (TPSA) is 55.1 Å². The Morgan fingerprint density at radius 2 is 2.33 bits per heavy atom. The molecule has 1 atom stereocenters. The van der Waals surface area contributed by atoms with E-state index in [0.29, 0.717) is 11.6 Å². The summed E-state index contributed by atoms with van der Waals surface area (Å²) in [5, 5.41) is 3.58. The normalized spacial score (nSPS) is 12.5. The second-order valence-electron chi connectivity index (χ2n) is 3.06. The van der Waals surface area contributed by atoms with Gasteiger partial charge in [-0.05, 0) is 30.3 Å². The van der Waals surface area contributed by atoms with Gasteiger partial charge in [0.25, 0.3) is 0 Å². The molecule has 82 valence electrons. The molecule has 0 saturated heterocycles. The molecule has 0 aliphatic heterocycles. The summed E-state index contributed by atoms with van der Waals surface area (Å²) in [6.07, 6.45) is 0. The van der Waals surface area contributed by atoms with Crippen molar-refractivity contribution in [2.75, 3.05) is 6.54 Å². The van der Waals surface area contributed by atoms with E-state index in [2.05, 4.69) is 21.2 Å². The highest BCUT2D eigenvalue weighted by atomic mass is 79.9. The molecule has 0 bridgehead atoms. The third kappa shape index (κ3) is 3.19. The Morgan fingerprint density at radius 1 is 1.67 bits per heavy atom. The van der Waals surface area contributed by atoms with E-state index in [-0.39, 0.29) is 0 Å². The number of carbonyl (C=O) groups is 1. The van der Waals surface area contributed by atoms with Crippen molar-refractivity contribution in [3.8, 4) is 0 Å². The van der Waals surface area contributed by atoms with Crippen LogP contribution >= 0.6 is 27.5 Å². The van der Waals surface area contributed by atoms with E-state index in [1.807, 2.05) is 6.92 Å². The summed E-state index contributed by atoms with van der Waals surface area (Å²) in [4.78, 5) is 11.2. The number of nitrogens with one attached hydrogen (secondary N) is 1. The maximum Gasteiger partial charge on any atom is 0.239 e. The van der Waals surface area contributed by atoms with Crippen LogP contribution in [-0.2, 0) is 4.79 Å². The second-order valence-corrected chi connectivity index (χ2v) is 4.35. The fourth-order valence-electron chi connectivity index (χ4n) is 1.30. The van der Waals surface area contributed by atoms with Gasteiger partial charge in [-0.25, -0.2) is 0 Å². The maximum absolute atomic E-state index is 11.2. The molecule has 1 aromatic carbocycles. The number of benzene rings is 1. The Kier molecular flexibility index (Phi) is 4.57. The number of primary amides is 1. The van der Waals surface area contributed by atoms with Crippen LogP contribution in [0.1, 0.15) is 18.5 Å². The van der Waals surface area contributed by atoms with E-state index >= 15 is 0 Å². The first kappa shape index (κ1) is 12.5. The summed E-state index contributed by atoms with van der Waals surface area (Å²) < 4.78 is 0.816. The van der Waals surface area contributed by atoms with Crippen molar-refractivity contribution >= 4 is 33.4 Å². The van der Waals surface area contributed by atoms with Gasteiger partial charge in [-0.1, -0.05) is 34.5 Å². The van der Waals surface area contributed by atoms with Crippen molar-refractivity contribution in [2.24, 2.45) is 5.73 Å². The van der Waals surface area contributed by atoms with Crippen LogP contribution in [0.25, 0.3) is 0 Å². The minimum atomic E-state index is -0.511. The Balaban J connectivity index is 3.09. The molecule has 0 spiro atoms. The molecule has 0 aliphatic carbocycles. The van der Waals surface area contributed by atoms with Gasteiger partial charge in [0.15, 0.2) is 0 Å². The number of carbonyl (C=O) groups excluding carboxylic acids is 1. The average Bonchev–Trinajstić information content (AvgIpc) is 2.18. The van der Waals surface area contributed by atoms with Crippen molar-refractivity contribution < 1.29 is 4.79 Å². The van der Waals surface area contributed by atoms with Crippen LogP contribution < -0.4 is 11.1 Å². The molecule has 15 heavy (non-hydrogen) atoms. The van der Waals surface area contributed by atoms with Crippen molar-refractivity contribution in [2.45, 2.75) is 13.0 Å². The molecule has 3 nitrogen and oxygen atoms in total. The lowest BCUT2D eigenvalue weighted by Crippen LogP contribution is -2.33. The Labute approximate surface area is 102 Å². The first-order valence-corrected chi connectivity index (χ1v) is 5.71. The van der Waals surface area contributed by atoms with Gasteiger partial charge in [-0.2, -0.15) is 0 Å². The third-order valence-electron chi connectivity index (χ3n) is 1.96. The number of likely N-dealkylation sites (N-methyl/N-ethyl adjacent to an activating group) is 1. The van der Waals surface area contributed by atoms with E-state index in [1.165, 1.54) is 0 Å². The molecule has 0 saturated carbocycles. The Hall–Kier alpha value is -0.580. The molecule has 1 amide bonds. The summed E-state index contributed by atoms with van der Waals surface area (Å²) in [6.45, 7) is 2.57. The highest BCUT2D eigenvalue weighted by Gasteiger charge is 2.19. The summed E-state index contributed by atoms with van der Waals surface area (Å²) >= 11 is 9.23. The largest absolute Gasteiger partial charge is 0.368 e. The fourth-order valence-corrected chi connectivity index (χ4v) is 1.96. The van der Waals surface area contributed by atoms with E-state index in [1.54, 1.807) is 18.2 Å². The van der Waals surface area contributed by atoms with E-state index in [4.69, 9.17) is 17.3 Å². The van der Waals surface area contributed by atoms with Crippen LogP contribution in [0.4, 0.5) is 0 Å². The van der Waals surface area contributed by atoms with Gasteiger partial charge in [0, 0.05) is 9.50 Å². The van der Waals surface area contributed by atoms with Gasteiger partial charge in [0.05, 0.1) is 0 Å². The molecule has 3 N–H and O–H groups in total. The third-order valence-corrected chi connectivity index (χ3v) is 2.92. The van der Waals surface area contributed by atoms with Crippen LogP contribution in [0, 0.1) is 0 Å². The second kappa shape index (κ2) is 5.49. The number of amides is 1. The molecule has 0 fully saturated rings. The van der Waals surface area contributed by atoms with Gasteiger partial charge in [-0.3, -0.25) is 4.79 Å². The van der Waals surface area contributed by atoms with Gasteiger partial charge in [-0.15, -0.1) is 0 Å². The van der Waals surface area contributed by atoms with Gasteiger partial charge in [0.1, 0.15) is 6.04 Å². The number of hydrogen-bond donors (Lipinski definition) is 2. The lowest BCUT2D eigenvalue weighted by molar-refractivity contribution is -0.120. The predicted octanol–water partition coefficient (Wildman–Crippen LogP) is 2.24. The number of hydrogen-bond acceptors (Lipinski definition) is 2. The quantitative estimate of drug-likeness (QED) is 0.894. The fraction of sp³-hybridized carbons (Fsp3) is 0.300. The molecule has 1 aromatic rings. The minimum absolute atomic E-state index is 0.417. The molecule has 0 heterocycles. The zero-order valence-corrected chi connectivity index (χ0v) is 10.6. The monoisotopic (exact) mass is 290 g/mol. The van der Waals surface area contributed by atoms with E-state index < -0.39 is 11.9 Å². The first-order chi connectivity index (χ1) is 7.06. The SMILES string of the molecule is CCNC(C(N)=O)c1cc(Cl)ccc1Br. The van der Waals surface area contributed by atoms with E-state index in [0.717, 1.165) is 10.0 Å². The highest BCUT2D eigenvalue weighted by molar-refractivity contribution is 9.10. The van der Waals surface area contributed by atoms with Crippen LogP contribution in [-0.4, -0.2) is 12.5 Å². The van der Waals surface area contributed by atoms with Crippen LogP contribution in [0.2, 0.25) is 5.02 Å². The molecule has 1 unspecified atom stereocenters. The smallest absolute Gasteiger partial charge is 0.239 e.